The van der Waals surface area contributed by atoms with Crippen LogP contribution in [0.25, 0.3) is 10.8 Å². The Morgan fingerprint density at radius 3 is 2.26 bits per heavy atom. The molecular formula is C29H34O4Si. The lowest BCUT2D eigenvalue weighted by Gasteiger charge is -2.48. The van der Waals surface area contributed by atoms with E-state index in [1.54, 1.807) is 0 Å². The molecule has 0 saturated heterocycles. The predicted molar refractivity (Wildman–Crippen MR) is 139 cm³/mol. The van der Waals surface area contributed by atoms with Gasteiger partial charge in [-0.3, -0.25) is 0 Å². The Bertz CT molecular complexity index is 1210. The number of hydrogen-bond acceptors (Lipinski definition) is 4. The first kappa shape index (κ1) is 24.2. The molecule has 0 N–H and O–H groups in total. The average molecular weight is 475 g/mol. The molecule has 0 saturated carbocycles. The number of rotatable bonds is 5. The molecule has 3 aromatic rings. The minimum absolute atomic E-state index is 0.0466. The molecule has 4 rings (SSSR count). The molecule has 4 nitrogen and oxygen atoms in total. The smallest absolute Gasteiger partial charge is 0.373 e. The van der Waals surface area contributed by atoms with Crippen LogP contribution in [0.4, 0.5) is 0 Å². The minimum Gasteiger partial charge on any atom is -0.463 e. The summed E-state index contributed by atoms with van der Waals surface area (Å²) in [6, 6.07) is 24.7. The van der Waals surface area contributed by atoms with Crippen molar-refractivity contribution in [2.45, 2.75) is 57.0 Å². The zero-order chi connectivity index (χ0) is 24.6. The van der Waals surface area contributed by atoms with E-state index in [-0.39, 0.29) is 16.7 Å². The van der Waals surface area contributed by atoms with Gasteiger partial charge in [0.05, 0.1) is 7.11 Å². The number of carbonyl (C=O) groups excluding carboxylic acids is 1. The third-order valence-corrected chi connectivity index (χ3v) is 11.6. The Kier molecular flexibility index (Phi) is 6.45. The highest BCUT2D eigenvalue weighted by atomic mass is 28.4. The lowest BCUT2D eigenvalue weighted by Crippen LogP contribution is -2.51. The second kappa shape index (κ2) is 9.04. The fourth-order valence-electron chi connectivity index (χ4n) is 4.20. The van der Waals surface area contributed by atoms with E-state index < -0.39 is 20.1 Å². The summed E-state index contributed by atoms with van der Waals surface area (Å²) in [6.07, 6.45) is 2.43. The van der Waals surface area contributed by atoms with Crippen LogP contribution >= 0.6 is 0 Å². The van der Waals surface area contributed by atoms with E-state index in [1.807, 2.05) is 36.4 Å². The second-order valence-corrected chi connectivity index (χ2v) is 15.2. The van der Waals surface area contributed by atoms with Crippen LogP contribution in [-0.4, -0.2) is 21.4 Å². The van der Waals surface area contributed by atoms with Crippen LogP contribution in [0.3, 0.4) is 0 Å². The summed E-state index contributed by atoms with van der Waals surface area (Å²) < 4.78 is 18.7. The third-order valence-electron chi connectivity index (χ3n) is 7.15. The van der Waals surface area contributed by atoms with Crippen molar-refractivity contribution in [2.75, 3.05) is 7.11 Å². The van der Waals surface area contributed by atoms with E-state index in [0.29, 0.717) is 6.42 Å². The minimum atomic E-state index is -2.32. The van der Waals surface area contributed by atoms with Gasteiger partial charge in [-0.15, -0.1) is 0 Å². The summed E-state index contributed by atoms with van der Waals surface area (Å²) in [5.41, 5.74) is 2.02. The first-order valence-electron chi connectivity index (χ1n) is 11.8. The number of allylic oxidation sites excluding steroid dienone is 1. The molecule has 1 heterocycles. The highest BCUT2D eigenvalue weighted by Crippen LogP contribution is 2.50. The molecule has 34 heavy (non-hydrogen) atoms. The number of carbonyl (C=O) groups is 1. The van der Waals surface area contributed by atoms with Crippen LogP contribution in [0.5, 0.6) is 0 Å². The van der Waals surface area contributed by atoms with Crippen molar-refractivity contribution in [2.24, 2.45) is 0 Å². The summed E-state index contributed by atoms with van der Waals surface area (Å²) in [5.74, 6) is -1.49. The summed E-state index contributed by atoms with van der Waals surface area (Å²) in [6.45, 7) is 11.1. The van der Waals surface area contributed by atoms with Crippen LogP contribution in [-0.2, 0) is 24.5 Å². The first-order chi connectivity index (χ1) is 16.0. The van der Waals surface area contributed by atoms with Gasteiger partial charge in [0.25, 0.3) is 0 Å². The molecule has 178 valence electrons. The fraction of sp³-hybridized carbons (Fsp3) is 0.345. The number of hydrogen-bond donors (Lipinski definition) is 0. The topological polar surface area (TPSA) is 44.8 Å². The van der Waals surface area contributed by atoms with Crippen LogP contribution in [0, 0.1) is 0 Å². The Morgan fingerprint density at radius 2 is 1.62 bits per heavy atom. The maximum atomic E-state index is 12.8. The molecule has 2 atom stereocenters. The van der Waals surface area contributed by atoms with Crippen LogP contribution in [0.15, 0.2) is 84.6 Å². The van der Waals surface area contributed by atoms with Gasteiger partial charge in [-0.05, 0) is 46.6 Å². The average Bonchev–Trinajstić information content (AvgIpc) is 2.82. The molecule has 3 aromatic carbocycles. The van der Waals surface area contributed by atoms with Gasteiger partial charge in [0.1, 0.15) is 0 Å². The number of ether oxygens (including phenoxy) is 2. The number of fused-ring (bicyclic) bond motifs is 1. The Hall–Kier alpha value is -2.89. The normalized spacial score (nSPS) is 21.0. The Morgan fingerprint density at radius 1 is 0.971 bits per heavy atom. The maximum absolute atomic E-state index is 12.8. The van der Waals surface area contributed by atoms with Gasteiger partial charge < -0.3 is 13.9 Å². The maximum Gasteiger partial charge on any atom is 0.373 e. The number of benzene rings is 3. The lowest BCUT2D eigenvalue weighted by molar-refractivity contribution is -0.196. The molecule has 0 spiro atoms. The zero-order valence-corrected chi connectivity index (χ0v) is 21.9. The van der Waals surface area contributed by atoms with E-state index >= 15 is 0 Å². The van der Waals surface area contributed by atoms with Crippen molar-refractivity contribution in [3.05, 3.63) is 95.8 Å². The zero-order valence-electron chi connectivity index (χ0n) is 20.9. The molecule has 0 bridgehead atoms. The van der Waals surface area contributed by atoms with Crippen LogP contribution in [0.1, 0.15) is 44.2 Å². The lowest BCUT2D eigenvalue weighted by atomic mass is 9.85. The number of esters is 1. The summed E-state index contributed by atoms with van der Waals surface area (Å²) in [7, 11) is -0.944. The fourth-order valence-corrected chi connectivity index (χ4v) is 5.57. The third kappa shape index (κ3) is 4.68. The van der Waals surface area contributed by atoms with Crippen molar-refractivity contribution >= 4 is 25.1 Å². The number of methoxy groups -OCH3 is 1. The van der Waals surface area contributed by atoms with E-state index in [9.17, 15) is 4.79 Å². The van der Waals surface area contributed by atoms with E-state index in [4.69, 9.17) is 13.9 Å². The molecule has 0 aromatic heterocycles. The Balaban J connectivity index is 1.91. The molecular weight excluding hydrogens is 440 g/mol. The van der Waals surface area contributed by atoms with Gasteiger partial charge in [-0.2, -0.15) is 0 Å². The van der Waals surface area contributed by atoms with E-state index in [0.717, 1.165) is 21.9 Å². The van der Waals surface area contributed by atoms with Crippen molar-refractivity contribution in [3.63, 3.8) is 0 Å². The summed E-state index contributed by atoms with van der Waals surface area (Å²) in [4.78, 5) is 12.8. The summed E-state index contributed by atoms with van der Waals surface area (Å²) in [5, 5.41) is 2.20. The highest BCUT2D eigenvalue weighted by Gasteiger charge is 2.51. The molecule has 5 heteroatoms. The van der Waals surface area contributed by atoms with Crippen LogP contribution in [0.2, 0.25) is 18.1 Å². The van der Waals surface area contributed by atoms with E-state index in [2.05, 4.69) is 76.3 Å². The van der Waals surface area contributed by atoms with Crippen molar-refractivity contribution in [3.8, 4) is 0 Å². The molecule has 1 aliphatic rings. The molecule has 0 fully saturated rings. The molecule has 0 radical (unpaired) electrons. The highest BCUT2D eigenvalue weighted by molar-refractivity contribution is 6.74. The van der Waals surface area contributed by atoms with Crippen LogP contribution < -0.4 is 0 Å². The molecule has 0 amide bonds. The largest absolute Gasteiger partial charge is 0.463 e. The molecule has 0 aliphatic carbocycles. The van der Waals surface area contributed by atoms with Crippen molar-refractivity contribution < 1.29 is 18.7 Å². The van der Waals surface area contributed by atoms with Gasteiger partial charge in [0, 0.05) is 17.9 Å². The van der Waals surface area contributed by atoms with Gasteiger partial charge in [0.15, 0.2) is 8.32 Å². The monoisotopic (exact) mass is 474 g/mol. The molecule has 1 aliphatic heterocycles. The first-order valence-corrected chi connectivity index (χ1v) is 14.7. The van der Waals surface area contributed by atoms with Crippen molar-refractivity contribution in [1.82, 2.24) is 0 Å². The standard InChI is InChI=1S/C29H34O4Si/c1-28(2,3)34(5,6)33-29(25-17-16-22-14-10-11-15-23(22)18-25)20-24(21-12-8-7-9-13-21)19-26(32-29)27(30)31-4/h7-19,24H,20H2,1-6H3/t24-,29+/m0/s1. The quantitative estimate of drug-likeness (QED) is 0.288. The van der Waals surface area contributed by atoms with Gasteiger partial charge in [-0.1, -0.05) is 87.5 Å². The van der Waals surface area contributed by atoms with E-state index in [1.165, 1.54) is 7.11 Å². The van der Waals surface area contributed by atoms with Crippen molar-refractivity contribution in [1.29, 1.82) is 0 Å². The summed E-state index contributed by atoms with van der Waals surface area (Å²) >= 11 is 0. The SMILES string of the molecule is COC(=O)C1=C[C@H](c2ccccc2)C[C@@](O[Si](C)(C)C(C)(C)C)(c2ccc3ccccc3c2)O1. The predicted octanol–water partition coefficient (Wildman–Crippen LogP) is 7.28. The van der Waals surface area contributed by atoms with Gasteiger partial charge >= 0.3 is 5.97 Å². The van der Waals surface area contributed by atoms with Gasteiger partial charge in [0.2, 0.25) is 11.5 Å². The van der Waals surface area contributed by atoms with Gasteiger partial charge in [-0.25, -0.2) is 4.79 Å². The molecule has 0 unspecified atom stereocenters. The second-order valence-electron chi connectivity index (χ2n) is 10.5. The Labute approximate surface area is 203 Å².